The van der Waals surface area contributed by atoms with Gasteiger partial charge in [-0.05, 0) is 42.2 Å². The Morgan fingerprint density at radius 1 is 1.33 bits per heavy atom. The van der Waals surface area contributed by atoms with E-state index in [1.807, 2.05) is 17.0 Å². The molecule has 1 atom stereocenters. The molecule has 1 fully saturated rings. The zero-order valence-corrected chi connectivity index (χ0v) is 13.4. The maximum atomic E-state index is 12.9. The molecule has 0 radical (unpaired) electrons. The predicted octanol–water partition coefficient (Wildman–Crippen LogP) is 3.55. The number of likely N-dealkylation sites (tertiary alicyclic amines) is 1. The average molecular weight is 286 g/mol. The number of benzene rings is 1. The Bertz CT molecular complexity index is 545. The second-order valence-electron chi connectivity index (χ2n) is 7.47. The lowest BCUT2D eigenvalue weighted by molar-refractivity contribution is 0.0777. The van der Waals surface area contributed by atoms with Gasteiger partial charge in [-0.25, -0.2) is 0 Å². The molecule has 0 bridgehead atoms. The van der Waals surface area contributed by atoms with E-state index in [0.29, 0.717) is 5.92 Å². The largest absolute Gasteiger partial charge is 0.384 e. The molecule has 0 aliphatic carbocycles. The fourth-order valence-electron chi connectivity index (χ4n) is 3.51. The number of carbonyl (C=O) groups is 1. The number of fused-ring (bicyclic) bond motifs is 1. The smallest absolute Gasteiger partial charge is 0.255 e. The molecule has 2 aliphatic rings. The minimum absolute atomic E-state index is 0.202. The van der Waals surface area contributed by atoms with Crippen LogP contribution in [-0.4, -0.2) is 30.4 Å². The first-order chi connectivity index (χ1) is 9.97. The number of nitrogens with zero attached hydrogens (tertiary/aromatic N) is 1. The van der Waals surface area contributed by atoms with E-state index in [0.717, 1.165) is 50.1 Å². The first kappa shape index (κ1) is 14.4. The molecule has 0 spiro atoms. The third kappa shape index (κ3) is 2.78. The van der Waals surface area contributed by atoms with Crippen molar-refractivity contribution in [1.29, 1.82) is 0 Å². The van der Waals surface area contributed by atoms with E-state index < -0.39 is 0 Å². The van der Waals surface area contributed by atoms with E-state index in [2.05, 4.69) is 32.2 Å². The summed E-state index contributed by atoms with van der Waals surface area (Å²) in [6.45, 7) is 9.59. The molecular weight excluding hydrogens is 260 g/mol. The number of carbonyl (C=O) groups excluding carboxylic acids is 1. The van der Waals surface area contributed by atoms with Crippen LogP contribution < -0.4 is 5.32 Å². The van der Waals surface area contributed by atoms with E-state index >= 15 is 0 Å². The van der Waals surface area contributed by atoms with Gasteiger partial charge in [-0.3, -0.25) is 4.79 Å². The summed E-state index contributed by atoms with van der Waals surface area (Å²) in [4.78, 5) is 14.9. The van der Waals surface area contributed by atoms with Gasteiger partial charge < -0.3 is 10.2 Å². The third-order valence-corrected chi connectivity index (χ3v) is 5.01. The van der Waals surface area contributed by atoms with E-state index in [-0.39, 0.29) is 11.3 Å². The highest BCUT2D eigenvalue weighted by atomic mass is 16.2. The normalized spacial score (nSPS) is 21.9. The average Bonchev–Trinajstić information content (AvgIpc) is 2.96. The molecule has 1 N–H and O–H groups in total. The van der Waals surface area contributed by atoms with Gasteiger partial charge in [0.1, 0.15) is 0 Å². The molecule has 21 heavy (non-hydrogen) atoms. The van der Waals surface area contributed by atoms with Gasteiger partial charge in [0, 0.05) is 19.6 Å². The number of aryl methyl sites for hydroxylation is 1. The topological polar surface area (TPSA) is 32.3 Å². The van der Waals surface area contributed by atoms with Crippen molar-refractivity contribution in [2.24, 2.45) is 11.3 Å². The van der Waals surface area contributed by atoms with Crippen LogP contribution in [0.1, 0.15) is 49.5 Å². The number of rotatable bonds is 1. The molecule has 1 unspecified atom stereocenters. The van der Waals surface area contributed by atoms with Crippen molar-refractivity contribution >= 4 is 11.6 Å². The highest BCUT2D eigenvalue weighted by molar-refractivity contribution is 6.00. The van der Waals surface area contributed by atoms with Crippen LogP contribution in [0.15, 0.2) is 18.2 Å². The minimum atomic E-state index is 0.202. The van der Waals surface area contributed by atoms with Gasteiger partial charge in [0.15, 0.2) is 0 Å². The molecule has 2 heterocycles. The van der Waals surface area contributed by atoms with Gasteiger partial charge in [-0.2, -0.15) is 0 Å². The van der Waals surface area contributed by atoms with Crippen molar-refractivity contribution in [1.82, 2.24) is 4.90 Å². The van der Waals surface area contributed by atoms with Crippen LogP contribution in [0.2, 0.25) is 0 Å². The number of hydrogen-bond donors (Lipinski definition) is 1. The van der Waals surface area contributed by atoms with Crippen LogP contribution >= 0.6 is 0 Å². The Morgan fingerprint density at radius 2 is 2.14 bits per heavy atom. The van der Waals surface area contributed by atoms with E-state index in [4.69, 9.17) is 0 Å². The molecule has 0 saturated carbocycles. The van der Waals surface area contributed by atoms with Gasteiger partial charge in [0.2, 0.25) is 0 Å². The highest BCUT2D eigenvalue weighted by Gasteiger charge is 2.34. The zero-order valence-electron chi connectivity index (χ0n) is 13.4. The van der Waals surface area contributed by atoms with Crippen molar-refractivity contribution in [2.75, 3.05) is 25.0 Å². The van der Waals surface area contributed by atoms with Crippen molar-refractivity contribution in [3.8, 4) is 0 Å². The standard InChI is InChI=1S/C18H26N2O/c1-18(2,3)14-9-11-20(12-14)17(21)15-8-4-6-13-7-5-10-19-16(13)15/h4,6,8,14,19H,5,7,9-12H2,1-3H3. The van der Waals surface area contributed by atoms with Gasteiger partial charge in [-0.15, -0.1) is 0 Å². The Kier molecular flexibility index (Phi) is 3.68. The number of anilines is 1. The molecule has 3 nitrogen and oxygen atoms in total. The molecule has 1 amide bonds. The van der Waals surface area contributed by atoms with E-state index in [9.17, 15) is 4.79 Å². The van der Waals surface area contributed by atoms with Gasteiger partial charge >= 0.3 is 0 Å². The van der Waals surface area contributed by atoms with Crippen molar-refractivity contribution in [3.05, 3.63) is 29.3 Å². The van der Waals surface area contributed by atoms with E-state index in [1.54, 1.807) is 0 Å². The van der Waals surface area contributed by atoms with Crippen LogP contribution in [0, 0.1) is 11.3 Å². The van der Waals surface area contributed by atoms with Crippen LogP contribution in [-0.2, 0) is 6.42 Å². The fraction of sp³-hybridized carbons (Fsp3) is 0.611. The first-order valence-electron chi connectivity index (χ1n) is 8.12. The van der Waals surface area contributed by atoms with Crippen LogP contribution in [0.25, 0.3) is 0 Å². The number of hydrogen-bond acceptors (Lipinski definition) is 2. The van der Waals surface area contributed by atoms with Crippen LogP contribution in [0.3, 0.4) is 0 Å². The van der Waals surface area contributed by atoms with Crippen LogP contribution in [0.5, 0.6) is 0 Å². The first-order valence-corrected chi connectivity index (χ1v) is 8.12. The summed E-state index contributed by atoms with van der Waals surface area (Å²) in [6, 6.07) is 6.14. The van der Waals surface area contributed by atoms with Crippen molar-refractivity contribution < 1.29 is 4.79 Å². The summed E-state index contributed by atoms with van der Waals surface area (Å²) in [5.74, 6) is 0.807. The third-order valence-electron chi connectivity index (χ3n) is 5.01. The van der Waals surface area contributed by atoms with Gasteiger partial charge in [-0.1, -0.05) is 32.9 Å². The molecule has 2 aliphatic heterocycles. The lowest BCUT2D eigenvalue weighted by atomic mass is 9.80. The summed E-state index contributed by atoms with van der Waals surface area (Å²) >= 11 is 0. The molecule has 1 aromatic rings. The van der Waals surface area contributed by atoms with Crippen LogP contribution in [0.4, 0.5) is 5.69 Å². The summed E-state index contributed by atoms with van der Waals surface area (Å²) in [5.41, 5.74) is 3.51. The molecule has 114 valence electrons. The second-order valence-corrected chi connectivity index (χ2v) is 7.47. The van der Waals surface area contributed by atoms with Crippen molar-refractivity contribution in [3.63, 3.8) is 0 Å². The lowest BCUT2D eigenvalue weighted by Crippen LogP contribution is -2.32. The maximum absolute atomic E-state index is 12.9. The van der Waals surface area contributed by atoms with E-state index in [1.165, 1.54) is 5.56 Å². The Morgan fingerprint density at radius 3 is 2.86 bits per heavy atom. The molecule has 1 saturated heterocycles. The Hall–Kier alpha value is -1.51. The fourth-order valence-corrected chi connectivity index (χ4v) is 3.51. The van der Waals surface area contributed by atoms with Gasteiger partial charge in [0.25, 0.3) is 5.91 Å². The molecular formula is C18H26N2O. The summed E-state index contributed by atoms with van der Waals surface area (Å²) in [7, 11) is 0. The predicted molar refractivity (Wildman–Crippen MR) is 86.7 cm³/mol. The molecule has 3 rings (SSSR count). The monoisotopic (exact) mass is 286 g/mol. The SMILES string of the molecule is CC(C)(C)C1CCN(C(=O)c2cccc3c2NCCC3)C1. The summed E-state index contributed by atoms with van der Waals surface area (Å²) in [5, 5.41) is 3.43. The quantitative estimate of drug-likeness (QED) is 0.856. The maximum Gasteiger partial charge on any atom is 0.255 e. The Balaban J connectivity index is 1.81. The lowest BCUT2D eigenvalue weighted by Gasteiger charge is -2.27. The Labute approximate surface area is 127 Å². The number of para-hydroxylation sites is 1. The summed E-state index contributed by atoms with van der Waals surface area (Å²) in [6.07, 6.45) is 3.35. The number of nitrogens with one attached hydrogen (secondary N) is 1. The molecule has 1 aromatic carbocycles. The zero-order chi connectivity index (χ0) is 15.0. The highest BCUT2D eigenvalue weighted by Crippen LogP contribution is 2.35. The minimum Gasteiger partial charge on any atom is -0.384 e. The molecule has 3 heteroatoms. The van der Waals surface area contributed by atoms with Gasteiger partial charge in [0.05, 0.1) is 11.3 Å². The molecule has 0 aromatic heterocycles. The van der Waals surface area contributed by atoms with Crippen molar-refractivity contribution in [2.45, 2.75) is 40.0 Å². The number of amides is 1. The summed E-state index contributed by atoms with van der Waals surface area (Å²) < 4.78 is 0. The second kappa shape index (κ2) is 5.36.